The molecule has 1 saturated heterocycles. The van der Waals surface area contributed by atoms with Crippen LogP contribution in [0.25, 0.3) is 11.4 Å². The number of rotatable bonds is 6. The van der Waals surface area contributed by atoms with Crippen LogP contribution in [0.2, 0.25) is 0 Å². The molecule has 0 aliphatic carbocycles. The van der Waals surface area contributed by atoms with E-state index in [0.29, 0.717) is 25.6 Å². The molecule has 1 fully saturated rings. The topological polar surface area (TPSA) is 133 Å². The molecule has 0 amide bonds. The lowest BCUT2D eigenvalue weighted by atomic mass is 10.2. The second kappa shape index (κ2) is 8.51. The summed E-state index contributed by atoms with van der Waals surface area (Å²) in [4.78, 5) is 10.9. The van der Waals surface area contributed by atoms with E-state index in [9.17, 15) is 12.8 Å². The van der Waals surface area contributed by atoms with E-state index in [1.165, 1.54) is 16.4 Å². The maximum Gasteiger partial charge on any atom is 0.243 e. The Morgan fingerprint density at radius 3 is 2.61 bits per heavy atom. The highest BCUT2D eigenvalue weighted by Crippen LogP contribution is 2.26. The molecule has 0 bridgehead atoms. The number of hydrogen-bond donors (Lipinski definition) is 2. The molecule has 4 rings (SSSR count). The van der Waals surface area contributed by atoms with Gasteiger partial charge in [0.15, 0.2) is 0 Å². The SMILES string of the molecule is CCNc1nc(C)cc(N2CCN(S(=O)(=O)c3ccc(F)c(-c4nn[nH]n4)c3)CC2)n1. The van der Waals surface area contributed by atoms with Crippen molar-refractivity contribution in [2.45, 2.75) is 18.7 Å². The number of nitrogens with one attached hydrogen (secondary N) is 2. The van der Waals surface area contributed by atoms with Gasteiger partial charge in [-0.3, -0.25) is 0 Å². The summed E-state index contributed by atoms with van der Waals surface area (Å²) in [7, 11) is -3.81. The van der Waals surface area contributed by atoms with Gasteiger partial charge in [-0.05, 0) is 37.3 Å². The van der Waals surface area contributed by atoms with Gasteiger partial charge in [-0.1, -0.05) is 0 Å². The zero-order valence-electron chi connectivity index (χ0n) is 17.1. The third-order valence-electron chi connectivity index (χ3n) is 4.90. The van der Waals surface area contributed by atoms with Gasteiger partial charge in [0, 0.05) is 44.5 Å². The van der Waals surface area contributed by atoms with Crippen LogP contribution < -0.4 is 10.2 Å². The molecular weight excluding hydrogens is 425 g/mol. The molecule has 164 valence electrons. The Balaban J connectivity index is 1.52. The summed E-state index contributed by atoms with van der Waals surface area (Å²) in [6, 6.07) is 5.46. The molecule has 0 atom stereocenters. The number of anilines is 2. The van der Waals surface area contributed by atoms with Gasteiger partial charge in [0.05, 0.1) is 10.5 Å². The minimum atomic E-state index is -3.81. The number of nitrogens with zero attached hydrogens (tertiary/aromatic N) is 7. The third-order valence-corrected chi connectivity index (χ3v) is 6.79. The molecule has 31 heavy (non-hydrogen) atoms. The first kappa shape index (κ1) is 21.1. The van der Waals surface area contributed by atoms with E-state index in [2.05, 4.69) is 35.9 Å². The van der Waals surface area contributed by atoms with E-state index in [1.807, 2.05) is 24.8 Å². The Labute approximate surface area is 178 Å². The number of H-pyrrole nitrogens is 1. The lowest BCUT2D eigenvalue weighted by molar-refractivity contribution is 0.383. The second-order valence-corrected chi connectivity index (χ2v) is 8.93. The molecule has 0 saturated carbocycles. The Morgan fingerprint density at radius 1 is 1.16 bits per heavy atom. The van der Waals surface area contributed by atoms with Gasteiger partial charge in [-0.15, -0.1) is 10.2 Å². The predicted molar refractivity (Wildman–Crippen MR) is 111 cm³/mol. The van der Waals surface area contributed by atoms with Gasteiger partial charge in [0.2, 0.25) is 21.8 Å². The van der Waals surface area contributed by atoms with Gasteiger partial charge in [0.1, 0.15) is 11.6 Å². The van der Waals surface area contributed by atoms with Crippen molar-refractivity contribution in [1.82, 2.24) is 34.9 Å². The molecule has 0 spiro atoms. The molecular formula is C18H22FN9O2S. The molecule has 13 heteroatoms. The van der Waals surface area contributed by atoms with Crippen LogP contribution >= 0.6 is 0 Å². The fourth-order valence-corrected chi connectivity index (χ4v) is 4.82. The average molecular weight is 448 g/mol. The number of halogens is 1. The normalized spacial score (nSPS) is 15.3. The van der Waals surface area contributed by atoms with Crippen LogP contribution in [0.15, 0.2) is 29.2 Å². The van der Waals surface area contributed by atoms with Crippen molar-refractivity contribution in [3.8, 4) is 11.4 Å². The zero-order valence-corrected chi connectivity index (χ0v) is 17.9. The molecule has 3 aromatic rings. The molecule has 2 N–H and O–H groups in total. The fraction of sp³-hybridized carbons (Fsp3) is 0.389. The standard InChI is InChI=1S/C18H22FN9O2S/c1-3-20-18-21-12(2)10-16(22-18)27-6-8-28(9-7-27)31(29,30)13-4-5-15(19)14(11-13)17-23-25-26-24-17/h4-5,10-11H,3,6-9H2,1-2H3,(H,20,21,22)(H,23,24,25,26). The first-order chi connectivity index (χ1) is 14.9. The number of aryl methyl sites for hydroxylation is 1. The predicted octanol–water partition coefficient (Wildman–Crippen LogP) is 1.05. The number of benzene rings is 1. The Bertz CT molecular complexity index is 1160. The van der Waals surface area contributed by atoms with E-state index >= 15 is 0 Å². The largest absolute Gasteiger partial charge is 0.354 e. The lowest BCUT2D eigenvalue weighted by Gasteiger charge is -2.34. The smallest absolute Gasteiger partial charge is 0.243 e. The van der Waals surface area contributed by atoms with E-state index < -0.39 is 15.8 Å². The van der Waals surface area contributed by atoms with Crippen LogP contribution in [0, 0.1) is 12.7 Å². The fourth-order valence-electron chi connectivity index (χ4n) is 3.37. The van der Waals surface area contributed by atoms with Gasteiger partial charge in [-0.2, -0.15) is 14.5 Å². The minimum Gasteiger partial charge on any atom is -0.354 e. The van der Waals surface area contributed by atoms with Gasteiger partial charge in [0.25, 0.3) is 0 Å². The summed E-state index contributed by atoms with van der Waals surface area (Å²) in [6.07, 6.45) is 0. The number of piperazine rings is 1. The number of sulfonamides is 1. The number of hydrogen-bond acceptors (Lipinski definition) is 9. The average Bonchev–Trinajstić information content (AvgIpc) is 3.28. The van der Waals surface area contributed by atoms with Crippen LogP contribution in [-0.4, -0.2) is 76.0 Å². The first-order valence-corrected chi connectivity index (χ1v) is 11.2. The van der Waals surface area contributed by atoms with Crippen molar-refractivity contribution in [3.05, 3.63) is 35.8 Å². The Kier molecular flexibility index (Phi) is 5.78. The van der Waals surface area contributed by atoms with Crippen LogP contribution in [0.4, 0.5) is 16.2 Å². The highest BCUT2D eigenvalue weighted by atomic mass is 32.2. The third kappa shape index (κ3) is 4.32. The van der Waals surface area contributed by atoms with E-state index in [-0.39, 0.29) is 29.4 Å². The maximum absolute atomic E-state index is 14.2. The van der Waals surface area contributed by atoms with Crippen molar-refractivity contribution >= 4 is 21.8 Å². The van der Waals surface area contributed by atoms with Crippen LogP contribution in [0.5, 0.6) is 0 Å². The molecule has 3 heterocycles. The molecule has 11 nitrogen and oxygen atoms in total. The summed E-state index contributed by atoms with van der Waals surface area (Å²) in [5.41, 5.74) is 0.803. The Morgan fingerprint density at radius 2 is 1.94 bits per heavy atom. The van der Waals surface area contributed by atoms with E-state index in [4.69, 9.17) is 0 Å². The number of aromatic nitrogens is 6. The number of tetrazole rings is 1. The molecule has 1 aromatic carbocycles. The Hall–Kier alpha value is -3.19. The van der Waals surface area contributed by atoms with Gasteiger partial charge in [-0.25, -0.2) is 17.8 Å². The lowest BCUT2D eigenvalue weighted by Crippen LogP contribution is -2.49. The summed E-state index contributed by atoms with van der Waals surface area (Å²) in [5, 5.41) is 16.2. The summed E-state index contributed by atoms with van der Waals surface area (Å²) >= 11 is 0. The van der Waals surface area contributed by atoms with Crippen molar-refractivity contribution < 1.29 is 12.8 Å². The maximum atomic E-state index is 14.2. The summed E-state index contributed by atoms with van der Waals surface area (Å²) < 4.78 is 41.8. The van der Waals surface area contributed by atoms with Gasteiger partial charge >= 0.3 is 0 Å². The van der Waals surface area contributed by atoms with Crippen LogP contribution in [-0.2, 0) is 10.0 Å². The van der Waals surface area contributed by atoms with E-state index in [0.717, 1.165) is 17.6 Å². The highest BCUT2D eigenvalue weighted by Gasteiger charge is 2.30. The first-order valence-electron chi connectivity index (χ1n) is 9.76. The molecule has 0 radical (unpaired) electrons. The second-order valence-electron chi connectivity index (χ2n) is 6.99. The highest BCUT2D eigenvalue weighted by molar-refractivity contribution is 7.89. The monoisotopic (exact) mass is 447 g/mol. The van der Waals surface area contributed by atoms with Crippen LogP contribution in [0.1, 0.15) is 12.6 Å². The van der Waals surface area contributed by atoms with Crippen molar-refractivity contribution in [2.24, 2.45) is 0 Å². The van der Waals surface area contributed by atoms with Crippen LogP contribution in [0.3, 0.4) is 0 Å². The molecule has 0 unspecified atom stereocenters. The molecule has 1 aliphatic rings. The van der Waals surface area contributed by atoms with Crippen molar-refractivity contribution in [1.29, 1.82) is 0 Å². The number of aromatic amines is 1. The van der Waals surface area contributed by atoms with E-state index in [1.54, 1.807) is 0 Å². The zero-order chi connectivity index (χ0) is 22.0. The summed E-state index contributed by atoms with van der Waals surface area (Å²) in [5.74, 6) is 0.672. The summed E-state index contributed by atoms with van der Waals surface area (Å²) in [6.45, 7) is 6.06. The van der Waals surface area contributed by atoms with Gasteiger partial charge < -0.3 is 10.2 Å². The molecule has 2 aromatic heterocycles. The minimum absolute atomic E-state index is 0.00464. The molecule has 1 aliphatic heterocycles. The van der Waals surface area contributed by atoms with Crippen molar-refractivity contribution in [3.63, 3.8) is 0 Å². The quantitative estimate of drug-likeness (QED) is 0.569. The van der Waals surface area contributed by atoms with Crippen molar-refractivity contribution in [2.75, 3.05) is 42.9 Å².